The molecule has 2 aliphatic carbocycles. The maximum atomic E-state index is 12.4. The van der Waals surface area contributed by atoms with Gasteiger partial charge in [-0.2, -0.15) is 15.6 Å². The lowest BCUT2D eigenvalue weighted by molar-refractivity contribution is -0.123. The summed E-state index contributed by atoms with van der Waals surface area (Å²) in [5.74, 6) is 1.13. The SMILES string of the molecule is C[C@H](C#N)Nc1cc(-c2ccc3cc(C#N)cnn23)ncc1-c1nnc(C2CCCC[C@@H]([C@H](C)NC(=O)C3CC3)C2)s1. The largest absolute Gasteiger partial charge is 0.369 e. The summed E-state index contributed by atoms with van der Waals surface area (Å²) in [5.41, 5.74) is 4.29. The van der Waals surface area contributed by atoms with E-state index in [9.17, 15) is 15.3 Å². The maximum absolute atomic E-state index is 12.4. The van der Waals surface area contributed by atoms with Gasteiger partial charge in [0.15, 0.2) is 5.01 Å². The zero-order valence-electron chi connectivity index (χ0n) is 23.7. The molecule has 0 radical (unpaired) electrons. The lowest BCUT2D eigenvalue weighted by Gasteiger charge is -2.25. The molecule has 4 atom stereocenters. The summed E-state index contributed by atoms with van der Waals surface area (Å²) < 4.78 is 1.75. The monoisotopic (exact) mass is 579 g/mol. The molecular weight excluding hydrogens is 546 g/mol. The molecule has 1 unspecified atom stereocenters. The third-order valence-electron chi connectivity index (χ3n) is 8.37. The highest BCUT2D eigenvalue weighted by atomic mass is 32.1. The minimum Gasteiger partial charge on any atom is -0.369 e. The Morgan fingerprint density at radius 1 is 1.10 bits per heavy atom. The molecule has 2 N–H and O–H groups in total. The molecule has 0 spiro atoms. The lowest BCUT2D eigenvalue weighted by atomic mass is 9.88. The quantitative estimate of drug-likeness (QED) is 0.253. The van der Waals surface area contributed by atoms with Crippen molar-refractivity contribution >= 4 is 28.4 Å². The third kappa shape index (κ3) is 5.83. The van der Waals surface area contributed by atoms with Gasteiger partial charge in [-0.1, -0.05) is 24.2 Å². The van der Waals surface area contributed by atoms with Gasteiger partial charge in [-0.3, -0.25) is 9.78 Å². The fourth-order valence-corrected chi connectivity index (χ4v) is 6.81. The van der Waals surface area contributed by atoms with Gasteiger partial charge in [0, 0.05) is 29.8 Å². The highest BCUT2D eigenvalue weighted by molar-refractivity contribution is 7.14. The smallest absolute Gasteiger partial charge is 0.223 e. The van der Waals surface area contributed by atoms with Gasteiger partial charge in [0.05, 0.1) is 40.3 Å². The maximum Gasteiger partial charge on any atom is 0.223 e. The van der Waals surface area contributed by atoms with Crippen molar-refractivity contribution in [1.82, 2.24) is 30.1 Å². The number of anilines is 1. The number of pyridine rings is 1. The van der Waals surface area contributed by atoms with Crippen LogP contribution in [0.2, 0.25) is 0 Å². The Morgan fingerprint density at radius 2 is 1.93 bits per heavy atom. The molecule has 2 saturated carbocycles. The summed E-state index contributed by atoms with van der Waals surface area (Å²) in [7, 11) is 0. The highest BCUT2D eigenvalue weighted by Crippen LogP contribution is 2.41. The number of nitrogens with one attached hydrogen (secondary N) is 2. The molecule has 2 fully saturated rings. The van der Waals surface area contributed by atoms with Crippen molar-refractivity contribution in [2.24, 2.45) is 11.8 Å². The highest BCUT2D eigenvalue weighted by Gasteiger charge is 2.33. The predicted octanol–water partition coefficient (Wildman–Crippen LogP) is 5.69. The third-order valence-corrected chi connectivity index (χ3v) is 9.49. The van der Waals surface area contributed by atoms with E-state index in [-0.39, 0.29) is 17.9 Å². The second-order valence-corrected chi connectivity index (χ2v) is 12.5. The molecule has 0 aromatic carbocycles. The number of aromatic nitrogens is 5. The Kier molecular flexibility index (Phi) is 7.86. The van der Waals surface area contributed by atoms with E-state index < -0.39 is 6.04 Å². The molecular formula is C31H33N9OS. The van der Waals surface area contributed by atoms with Gasteiger partial charge >= 0.3 is 0 Å². The van der Waals surface area contributed by atoms with E-state index in [1.807, 2.05) is 25.1 Å². The minimum absolute atomic E-state index is 0.150. The van der Waals surface area contributed by atoms with Crippen LogP contribution in [0.1, 0.15) is 75.3 Å². The standard InChI is InChI=1S/C31H33N9OS/c1-18(14-32)36-26-13-27(28-10-9-24-11-20(15-33)16-35-40(24)28)34-17-25(26)31-39-38-30(42-31)23-6-4-3-5-22(12-23)19(2)37-29(41)21-7-8-21/h9-11,13,16-19,21-23H,3-8,12H2,1-2H3,(H,34,36)(H,37,41)/t18-,19+,22-,23?/m1/s1. The summed E-state index contributed by atoms with van der Waals surface area (Å²) in [6, 6.07) is 11.6. The summed E-state index contributed by atoms with van der Waals surface area (Å²) >= 11 is 1.58. The Labute approximate surface area is 248 Å². The molecule has 4 aromatic heterocycles. The van der Waals surface area contributed by atoms with Crippen LogP contribution in [0.25, 0.3) is 27.5 Å². The van der Waals surface area contributed by atoms with Crippen LogP contribution in [0.15, 0.2) is 36.7 Å². The van der Waals surface area contributed by atoms with E-state index in [1.54, 1.807) is 28.1 Å². The second-order valence-electron chi connectivity index (χ2n) is 11.5. The van der Waals surface area contributed by atoms with Gasteiger partial charge in [0.1, 0.15) is 17.1 Å². The number of rotatable bonds is 8. The van der Waals surface area contributed by atoms with Gasteiger partial charge in [0.25, 0.3) is 0 Å². The van der Waals surface area contributed by atoms with Crippen molar-refractivity contribution in [2.75, 3.05) is 5.32 Å². The molecule has 11 heteroatoms. The minimum atomic E-state index is -0.429. The van der Waals surface area contributed by atoms with Crippen LogP contribution in [0.5, 0.6) is 0 Å². The van der Waals surface area contributed by atoms with E-state index in [4.69, 9.17) is 4.98 Å². The number of hydrogen-bond donors (Lipinski definition) is 2. The average Bonchev–Trinajstić information content (AvgIpc) is 3.68. The molecule has 2 aliphatic rings. The number of nitrogens with zero attached hydrogens (tertiary/aromatic N) is 7. The van der Waals surface area contributed by atoms with Gasteiger partial charge in [-0.05, 0) is 76.1 Å². The van der Waals surface area contributed by atoms with E-state index in [1.165, 1.54) is 6.20 Å². The summed E-state index contributed by atoms with van der Waals surface area (Å²) in [5, 5.41) is 40.7. The molecule has 1 amide bonds. The molecule has 0 aliphatic heterocycles. The van der Waals surface area contributed by atoms with Crippen LogP contribution in [-0.4, -0.2) is 42.8 Å². The molecule has 214 valence electrons. The zero-order chi connectivity index (χ0) is 29.2. The van der Waals surface area contributed by atoms with Gasteiger partial charge in [-0.15, -0.1) is 10.2 Å². The summed E-state index contributed by atoms with van der Waals surface area (Å²) in [4.78, 5) is 17.1. The first-order valence-electron chi connectivity index (χ1n) is 14.6. The Hall–Kier alpha value is -4.35. The molecule has 6 rings (SSSR count). The number of hydrogen-bond acceptors (Lipinski definition) is 9. The molecule has 42 heavy (non-hydrogen) atoms. The van der Waals surface area contributed by atoms with Crippen molar-refractivity contribution in [2.45, 2.75) is 76.8 Å². The van der Waals surface area contributed by atoms with E-state index in [0.717, 1.165) is 77.4 Å². The predicted molar refractivity (Wildman–Crippen MR) is 160 cm³/mol. The van der Waals surface area contributed by atoms with E-state index >= 15 is 0 Å². The number of carbonyl (C=O) groups excluding carboxylic acids is 1. The molecule has 4 heterocycles. The molecule has 10 nitrogen and oxygen atoms in total. The van der Waals surface area contributed by atoms with Crippen molar-refractivity contribution in [3.63, 3.8) is 0 Å². The molecule has 0 bridgehead atoms. The van der Waals surface area contributed by atoms with Crippen LogP contribution < -0.4 is 10.6 Å². The van der Waals surface area contributed by atoms with Crippen molar-refractivity contribution in [1.29, 1.82) is 10.5 Å². The van der Waals surface area contributed by atoms with E-state index in [0.29, 0.717) is 23.1 Å². The number of nitriles is 2. The van der Waals surface area contributed by atoms with Gasteiger partial charge in [-0.25, -0.2) is 4.52 Å². The Bertz CT molecular complexity index is 1690. The fraction of sp³-hybridized carbons (Fsp3) is 0.452. The normalized spacial score (nSPS) is 20.2. The van der Waals surface area contributed by atoms with Crippen LogP contribution in [0, 0.1) is 34.5 Å². The van der Waals surface area contributed by atoms with E-state index in [2.05, 4.69) is 45.0 Å². The average molecular weight is 580 g/mol. The number of carbonyl (C=O) groups is 1. The van der Waals surface area contributed by atoms with Crippen molar-refractivity contribution in [3.8, 4) is 34.1 Å². The summed E-state index contributed by atoms with van der Waals surface area (Å²) in [6.07, 6.45) is 10.8. The van der Waals surface area contributed by atoms with Gasteiger partial charge < -0.3 is 10.6 Å². The van der Waals surface area contributed by atoms with Crippen molar-refractivity contribution in [3.05, 3.63) is 47.2 Å². The molecule has 0 saturated heterocycles. The van der Waals surface area contributed by atoms with Crippen LogP contribution in [0.4, 0.5) is 5.69 Å². The Balaban J connectivity index is 1.27. The molecule has 4 aromatic rings. The zero-order valence-corrected chi connectivity index (χ0v) is 24.6. The van der Waals surface area contributed by atoms with Gasteiger partial charge in [0.2, 0.25) is 5.91 Å². The van der Waals surface area contributed by atoms with Crippen molar-refractivity contribution < 1.29 is 4.79 Å². The fourth-order valence-electron chi connectivity index (χ4n) is 5.80. The van der Waals surface area contributed by atoms with Crippen LogP contribution in [-0.2, 0) is 4.79 Å². The summed E-state index contributed by atoms with van der Waals surface area (Å²) in [6.45, 7) is 3.95. The van der Waals surface area contributed by atoms with Crippen LogP contribution >= 0.6 is 11.3 Å². The Morgan fingerprint density at radius 3 is 2.71 bits per heavy atom. The topological polar surface area (TPSA) is 145 Å². The van der Waals surface area contributed by atoms with Crippen LogP contribution in [0.3, 0.4) is 0 Å². The number of amides is 1. The lowest BCUT2D eigenvalue weighted by Crippen LogP contribution is -2.39. The first-order valence-corrected chi connectivity index (χ1v) is 15.4. The second kappa shape index (κ2) is 11.9. The first kappa shape index (κ1) is 27.8. The first-order chi connectivity index (χ1) is 20.4. The number of fused-ring (bicyclic) bond motifs is 1.